The van der Waals surface area contributed by atoms with E-state index in [1.807, 2.05) is 0 Å². The standard InChI is InChI=1S/C17H17BrN2O4/c18-12-7-9(16(19)23)5-6-14(12)20-13-4-2-1-3-10(13)11(17(20)24)8-15(21)22/h5-7,24H,1-4,8H2,(H2,19,23)(H,21,22). The summed E-state index contributed by atoms with van der Waals surface area (Å²) in [6.45, 7) is 0. The van der Waals surface area contributed by atoms with Crippen LogP contribution in [0.2, 0.25) is 0 Å². The van der Waals surface area contributed by atoms with Crippen LogP contribution in [0.5, 0.6) is 5.88 Å². The van der Waals surface area contributed by atoms with Crippen molar-refractivity contribution in [1.82, 2.24) is 4.57 Å². The normalized spacial score (nSPS) is 13.5. The first-order valence-electron chi connectivity index (χ1n) is 7.66. The number of hydrogen-bond donors (Lipinski definition) is 3. The van der Waals surface area contributed by atoms with Crippen molar-refractivity contribution in [2.24, 2.45) is 5.73 Å². The van der Waals surface area contributed by atoms with Crippen molar-refractivity contribution < 1.29 is 19.8 Å². The monoisotopic (exact) mass is 392 g/mol. The zero-order valence-corrected chi connectivity index (χ0v) is 14.5. The average molecular weight is 393 g/mol. The molecule has 3 rings (SSSR count). The van der Waals surface area contributed by atoms with E-state index in [9.17, 15) is 14.7 Å². The first-order valence-corrected chi connectivity index (χ1v) is 8.45. The molecular weight excluding hydrogens is 376 g/mol. The Kier molecular flexibility index (Phi) is 4.36. The minimum Gasteiger partial charge on any atom is -0.494 e. The van der Waals surface area contributed by atoms with Crippen molar-refractivity contribution in [2.45, 2.75) is 32.1 Å². The maximum atomic E-state index is 11.3. The Bertz CT molecular complexity index is 842. The largest absolute Gasteiger partial charge is 0.494 e. The number of carboxylic acids is 1. The van der Waals surface area contributed by atoms with E-state index in [0.717, 1.165) is 36.9 Å². The lowest BCUT2D eigenvalue weighted by atomic mass is 9.94. The number of nitrogens with zero attached hydrogens (tertiary/aromatic N) is 1. The highest BCUT2D eigenvalue weighted by Gasteiger charge is 2.27. The van der Waals surface area contributed by atoms with Gasteiger partial charge in [-0.3, -0.25) is 14.2 Å². The molecule has 0 unspecified atom stereocenters. The van der Waals surface area contributed by atoms with Crippen LogP contribution < -0.4 is 5.73 Å². The number of rotatable bonds is 4. The second-order valence-electron chi connectivity index (χ2n) is 5.87. The highest BCUT2D eigenvalue weighted by molar-refractivity contribution is 9.10. The van der Waals surface area contributed by atoms with Crippen LogP contribution in [0.4, 0.5) is 0 Å². The molecule has 0 atom stereocenters. The minimum absolute atomic E-state index is 0.0446. The number of amides is 1. The molecule has 0 saturated carbocycles. The van der Waals surface area contributed by atoms with Crippen molar-refractivity contribution in [2.75, 3.05) is 0 Å². The summed E-state index contributed by atoms with van der Waals surface area (Å²) in [5.41, 5.74) is 8.64. The summed E-state index contributed by atoms with van der Waals surface area (Å²) in [6.07, 6.45) is 3.28. The number of aromatic hydroxyl groups is 1. The van der Waals surface area contributed by atoms with Gasteiger partial charge in [0, 0.05) is 21.3 Å². The fourth-order valence-electron chi connectivity index (χ4n) is 3.30. The van der Waals surface area contributed by atoms with Gasteiger partial charge in [-0.1, -0.05) is 0 Å². The predicted molar refractivity (Wildman–Crippen MR) is 91.6 cm³/mol. The Morgan fingerprint density at radius 2 is 1.96 bits per heavy atom. The first-order chi connectivity index (χ1) is 11.4. The van der Waals surface area contributed by atoms with Gasteiger partial charge in [-0.2, -0.15) is 0 Å². The maximum Gasteiger partial charge on any atom is 0.308 e. The molecule has 6 nitrogen and oxygen atoms in total. The molecule has 24 heavy (non-hydrogen) atoms. The second-order valence-corrected chi connectivity index (χ2v) is 6.73. The predicted octanol–water partition coefficient (Wildman–Crippen LogP) is 2.55. The van der Waals surface area contributed by atoms with Gasteiger partial charge in [0.15, 0.2) is 5.88 Å². The van der Waals surface area contributed by atoms with Gasteiger partial charge in [0.05, 0.1) is 12.1 Å². The highest BCUT2D eigenvalue weighted by Crippen LogP contribution is 2.39. The molecule has 0 radical (unpaired) electrons. The summed E-state index contributed by atoms with van der Waals surface area (Å²) < 4.78 is 2.29. The number of benzene rings is 1. The molecule has 0 fully saturated rings. The molecule has 7 heteroatoms. The van der Waals surface area contributed by atoms with E-state index >= 15 is 0 Å². The molecule has 0 spiro atoms. The van der Waals surface area contributed by atoms with E-state index in [1.165, 1.54) is 0 Å². The Morgan fingerprint density at radius 3 is 2.58 bits per heavy atom. The van der Waals surface area contributed by atoms with Gasteiger partial charge in [0.2, 0.25) is 5.91 Å². The molecule has 0 bridgehead atoms. The van der Waals surface area contributed by atoms with Gasteiger partial charge in [-0.25, -0.2) is 0 Å². The van der Waals surface area contributed by atoms with Crippen LogP contribution in [-0.4, -0.2) is 26.7 Å². The lowest BCUT2D eigenvalue weighted by Crippen LogP contribution is -2.12. The Hall–Kier alpha value is -2.28. The molecule has 1 amide bonds. The maximum absolute atomic E-state index is 11.3. The topological polar surface area (TPSA) is 106 Å². The quantitative estimate of drug-likeness (QED) is 0.742. The van der Waals surface area contributed by atoms with Crippen LogP contribution in [0.3, 0.4) is 0 Å². The lowest BCUT2D eigenvalue weighted by Gasteiger charge is -2.17. The Morgan fingerprint density at radius 1 is 1.25 bits per heavy atom. The second kappa shape index (κ2) is 6.32. The molecule has 1 heterocycles. The Balaban J connectivity index is 2.19. The van der Waals surface area contributed by atoms with Gasteiger partial charge in [-0.15, -0.1) is 0 Å². The van der Waals surface area contributed by atoms with E-state index in [0.29, 0.717) is 21.3 Å². The number of hydrogen-bond acceptors (Lipinski definition) is 3. The molecular formula is C17H17BrN2O4. The summed E-state index contributed by atoms with van der Waals surface area (Å²) >= 11 is 3.42. The average Bonchev–Trinajstić information content (AvgIpc) is 2.80. The van der Waals surface area contributed by atoms with Gasteiger partial charge in [0.25, 0.3) is 0 Å². The van der Waals surface area contributed by atoms with Crippen molar-refractivity contribution in [1.29, 1.82) is 0 Å². The third-order valence-electron chi connectivity index (χ3n) is 4.36. The van der Waals surface area contributed by atoms with E-state index in [-0.39, 0.29) is 12.3 Å². The summed E-state index contributed by atoms with van der Waals surface area (Å²) in [4.78, 5) is 22.5. The van der Waals surface area contributed by atoms with Crippen LogP contribution in [0.1, 0.15) is 40.0 Å². The summed E-state index contributed by atoms with van der Waals surface area (Å²) in [5, 5.41) is 19.8. The zero-order chi connectivity index (χ0) is 17.4. The van der Waals surface area contributed by atoms with Crippen molar-refractivity contribution in [3.05, 3.63) is 45.1 Å². The summed E-state index contributed by atoms with van der Waals surface area (Å²) in [5.74, 6) is -1.55. The molecule has 2 aromatic rings. The number of nitrogens with two attached hydrogens (primary N) is 1. The molecule has 0 aliphatic heterocycles. The van der Waals surface area contributed by atoms with Crippen LogP contribution in [0, 0.1) is 0 Å². The van der Waals surface area contributed by atoms with Gasteiger partial charge >= 0.3 is 5.97 Å². The van der Waals surface area contributed by atoms with Gasteiger partial charge in [-0.05, 0) is 65.4 Å². The number of carboxylic acid groups (broad SMARTS) is 1. The molecule has 4 N–H and O–H groups in total. The Labute approximate surface area is 147 Å². The van der Waals surface area contributed by atoms with Gasteiger partial charge in [0.1, 0.15) is 0 Å². The number of primary amides is 1. The summed E-state index contributed by atoms with van der Waals surface area (Å²) in [7, 11) is 0. The fraction of sp³-hybridized carbons (Fsp3) is 0.294. The molecule has 1 aromatic heterocycles. The van der Waals surface area contributed by atoms with Crippen LogP contribution in [0.25, 0.3) is 5.69 Å². The van der Waals surface area contributed by atoms with Crippen LogP contribution >= 0.6 is 15.9 Å². The highest BCUT2D eigenvalue weighted by atomic mass is 79.9. The van der Waals surface area contributed by atoms with Crippen molar-refractivity contribution in [3.63, 3.8) is 0 Å². The number of carbonyl (C=O) groups is 2. The zero-order valence-electron chi connectivity index (χ0n) is 12.9. The number of aliphatic carboxylic acids is 1. The van der Waals surface area contributed by atoms with E-state index < -0.39 is 11.9 Å². The van der Waals surface area contributed by atoms with E-state index in [2.05, 4.69) is 15.9 Å². The van der Waals surface area contributed by atoms with E-state index in [1.54, 1.807) is 22.8 Å². The minimum atomic E-state index is -0.973. The number of aromatic nitrogens is 1. The van der Waals surface area contributed by atoms with Crippen LogP contribution in [0.15, 0.2) is 22.7 Å². The molecule has 1 aliphatic carbocycles. The lowest BCUT2D eigenvalue weighted by molar-refractivity contribution is -0.136. The summed E-state index contributed by atoms with van der Waals surface area (Å²) in [6, 6.07) is 4.89. The number of carbonyl (C=O) groups excluding carboxylic acids is 1. The number of halogens is 1. The third kappa shape index (κ3) is 2.80. The fourth-order valence-corrected chi connectivity index (χ4v) is 3.85. The molecule has 0 saturated heterocycles. The SMILES string of the molecule is NC(=O)c1ccc(-n2c(O)c(CC(=O)O)c3c2CCCC3)c(Br)c1. The van der Waals surface area contributed by atoms with E-state index in [4.69, 9.17) is 10.8 Å². The van der Waals surface area contributed by atoms with Crippen LogP contribution in [-0.2, 0) is 24.1 Å². The smallest absolute Gasteiger partial charge is 0.308 e. The third-order valence-corrected chi connectivity index (χ3v) is 4.99. The first kappa shape index (κ1) is 16.6. The van der Waals surface area contributed by atoms with Crippen molar-refractivity contribution in [3.8, 4) is 11.6 Å². The van der Waals surface area contributed by atoms with Crippen molar-refractivity contribution >= 4 is 27.8 Å². The van der Waals surface area contributed by atoms with Gasteiger partial charge < -0.3 is 15.9 Å². The molecule has 1 aromatic carbocycles. The molecule has 126 valence electrons. The number of fused-ring (bicyclic) bond motifs is 1. The molecule has 1 aliphatic rings.